The Hall–Kier alpha value is -2.70. The van der Waals surface area contributed by atoms with E-state index in [1.165, 1.54) is 11.8 Å². The summed E-state index contributed by atoms with van der Waals surface area (Å²) in [6.07, 6.45) is 2.30. The highest BCUT2D eigenvalue weighted by Gasteiger charge is 2.22. The minimum Gasteiger partial charge on any atom is -0.325 e. The first kappa shape index (κ1) is 21.5. The van der Waals surface area contributed by atoms with Crippen LogP contribution in [0.2, 0.25) is 0 Å². The number of nitrogens with zero attached hydrogens (tertiary/aromatic N) is 2. The Balaban J connectivity index is 1.59. The van der Waals surface area contributed by atoms with Crippen LogP contribution in [-0.4, -0.2) is 21.1 Å². The molecule has 0 aliphatic carbocycles. The highest BCUT2D eigenvalue weighted by molar-refractivity contribution is 8.00. The van der Waals surface area contributed by atoms with Crippen LogP contribution in [-0.2, 0) is 4.79 Å². The fraction of sp³-hybridized carbons (Fsp3) is 0.240. The summed E-state index contributed by atoms with van der Waals surface area (Å²) in [5.74, 6) is 0.346. The first-order chi connectivity index (χ1) is 15.1. The lowest BCUT2D eigenvalue weighted by atomic mass is 10.0. The molecule has 0 aliphatic heterocycles. The maximum Gasteiger partial charge on any atom is 0.237 e. The molecule has 1 amide bonds. The zero-order chi connectivity index (χ0) is 21.8. The molecule has 158 valence electrons. The number of para-hydroxylation sites is 1. The van der Waals surface area contributed by atoms with Crippen molar-refractivity contribution in [1.82, 2.24) is 9.97 Å². The zero-order valence-electron chi connectivity index (χ0n) is 17.8. The Labute approximate surface area is 191 Å². The molecule has 2 aromatic carbocycles. The number of amides is 1. The molecule has 0 radical (unpaired) electrons. The minimum atomic E-state index is -0.238. The Kier molecular flexibility index (Phi) is 6.68. The number of rotatable bonds is 7. The quantitative estimate of drug-likeness (QED) is 0.245. The van der Waals surface area contributed by atoms with Crippen molar-refractivity contribution < 1.29 is 4.79 Å². The molecule has 2 aromatic heterocycles. The zero-order valence-corrected chi connectivity index (χ0v) is 19.5. The van der Waals surface area contributed by atoms with Gasteiger partial charge >= 0.3 is 0 Å². The van der Waals surface area contributed by atoms with Gasteiger partial charge in [-0.25, -0.2) is 9.97 Å². The van der Waals surface area contributed by atoms with Gasteiger partial charge in [-0.05, 0) is 35.6 Å². The number of benzene rings is 2. The molecule has 1 N–H and O–H groups in total. The van der Waals surface area contributed by atoms with Gasteiger partial charge in [-0.2, -0.15) is 0 Å². The second kappa shape index (κ2) is 9.62. The molecule has 6 heteroatoms. The van der Waals surface area contributed by atoms with Crippen LogP contribution in [0.15, 0.2) is 72.0 Å². The molecule has 1 atom stereocenters. The Bertz CT molecular complexity index is 1190. The van der Waals surface area contributed by atoms with Crippen LogP contribution in [0.25, 0.3) is 20.7 Å². The third-order valence-corrected chi connectivity index (χ3v) is 7.58. The van der Waals surface area contributed by atoms with E-state index in [0.29, 0.717) is 12.3 Å². The second-order valence-electron chi connectivity index (χ2n) is 7.62. The molecule has 0 saturated heterocycles. The van der Waals surface area contributed by atoms with Gasteiger partial charge in [0, 0.05) is 16.0 Å². The molecule has 4 aromatic rings. The number of hydrogen-bond donors (Lipinski definition) is 1. The van der Waals surface area contributed by atoms with Crippen molar-refractivity contribution in [3.05, 3.63) is 72.6 Å². The number of thioether (sulfide) groups is 1. The number of carbonyl (C=O) groups excluding carboxylic acids is 1. The molecule has 1 unspecified atom stereocenters. The van der Waals surface area contributed by atoms with Crippen LogP contribution in [0, 0.1) is 0 Å². The summed E-state index contributed by atoms with van der Waals surface area (Å²) >= 11 is 3.16. The van der Waals surface area contributed by atoms with Crippen molar-refractivity contribution >= 4 is 44.9 Å². The highest BCUT2D eigenvalue weighted by atomic mass is 32.2. The number of carbonyl (C=O) groups is 1. The fourth-order valence-corrected chi connectivity index (χ4v) is 5.52. The molecular weight excluding hydrogens is 422 g/mol. The molecule has 0 bridgehead atoms. The summed E-state index contributed by atoms with van der Waals surface area (Å²) in [6.45, 7) is 6.30. The number of hydrogen-bond acceptors (Lipinski definition) is 5. The van der Waals surface area contributed by atoms with Crippen molar-refractivity contribution in [2.24, 2.45) is 0 Å². The van der Waals surface area contributed by atoms with Crippen molar-refractivity contribution in [1.29, 1.82) is 0 Å². The predicted octanol–water partition coefficient (Wildman–Crippen LogP) is 6.99. The monoisotopic (exact) mass is 447 g/mol. The topological polar surface area (TPSA) is 54.9 Å². The Morgan fingerprint density at radius 1 is 1.06 bits per heavy atom. The summed E-state index contributed by atoms with van der Waals surface area (Å²) in [4.78, 5) is 24.2. The molecule has 2 heterocycles. The van der Waals surface area contributed by atoms with Gasteiger partial charge in [0.15, 0.2) is 0 Å². The number of thiophene rings is 1. The van der Waals surface area contributed by atoms with Gasteiger partial charge in [0.25, 0.3) is 0 Å². The van der Waals surface area contributed by atoms with Crippen LogP contribution < -0.4 is 5.32 Å². The lowest BCUT2D eigenvalue weighted by Gasteiger charge is -2.18. The third-order valence-electron chi connectivity index (χ3n) is 5.11. The van der Waals surface area contributed by atoms with E-state index in [1.54, 1.807) is 17.7 Å². The summed E-state index contributed by atoms with van der Waals surface area (Å²) in [5.41, 5.74) is 3.19. The lowest BCUT2D eigenvalue weighted by Crippen LogP contribution is -2.25. The molecular formula is C25H25N3OS2. The van der Waals surface area contributed by atoms with Crippen LogP contribution in [0.4, 0.5) is 5.69 Å². The summed E-state index contributed by atoms with van der Waals surface area (Å²) in [5, 5.41) is 4.76. The van der Waals surface area contributed by atoms with Gasteiger partial charge in [-0.15, -0.1) is 11.3 Å². The van der Waals surface area contributed by atoms with Gasteiger partial charge < -0.3 is 5.32 Å². The summed E-state index contributed by atoms with van der Waals surface area (Å²) in [6, 6.07) is 20.4. The summed E-state index contributed by atoms with van der Waals surface area (Å²) in [7, 11) is 0. The maximum atomic E-state index is 13.1. The normalized spacial score (nSPS) is 12.3. The molecule has 31 heavy (non-hydrogen) atoms. The molecule has 4 nitrogen and oxygen atoms in total. The SMILES string of the molecule is CCC(Sc1ncnc2sc(-c3ccccc3)cc12)C(=O)Nc1ccccc1C(C)C. The van der Waals surface area contributed by atoms with E-state index in [2.05, 4.69) is 53.4 Å². The van der Waals surface area contributed by atoms with Gasteiger partial charge in [0.05, 0.1) is 5.25 Å². The van der Waals surface area contributed by atoms with Crippen LogP contribution >= 0.6 is 23.1 Å². The van der Waals surface area contributed by atoms with E-state index in [4.69, 9.17) is 0 Å². The number of aromatic nitrogens is 2. The van der Waals surface area contributed by atoms with Gasteiger partial charge in [0.1, 0.15) is 16.2 Å². The lowest BCUT2D eigenvalue weighted by molar-refractivity contribution is -0.115. The molecule has 0 spiro atoms. The van der Waals surface area contributed by atoms with Crippen molar-refractivity contribution in [2.75, 3.05) is 5.32 Å². The van der Waals surface area contributed by atoms with Gasteiger partial charge in [0.2, 0.25) is 5.91 Å². The largest absolute Gasteiger partial charge is 0.325 e. The molecule has 0 fully saturated rings. The first-order valence-corrected chi connectivity index (χ1v) is 12.1. The predicted molar refractivity (Wildman–Crippen MR) is 132 cm³/mol. The average molecular weight is 448 g/mol. The van der Waals surface area contributed by atoms with E-state index in [0.717, 1.165) is 36.9 Å². The fourth-order valence-electron chi connectivity index (χ4n) is 3.46. The molecule has 0 aliphatic rings. The van der Waals surface area contributed by atoms with E-state index >= 15 is 0 Å². The molecule has 4 rings (SSSR count). The van der Waals surface area contributed by atoms with Gasteiger partial charge in [-0.1, -0.05) is 81.1 Å². The van der Waals surface area contributed by atoms with Crippen LogP contribution in [0.5, 0.6) is 0 Å². The van der Waals surface area contributed by atoms with Crippen molar-refractivity contribution in [3.8, 4) is 10.4 Å². The van der Waals surface area contributed by atoms with E-state index in [9.17, 15) is 4.79 Å². The van der Waals surface area contributed by atoms with Gasteiger partial charge in [-0.3, -0.25) is 4.79 Å². The van der Waals surface area contributed by atoms with Crippen LogP contribution in [0.3, 0.4) is 0 Å². The number of fused-ring (bicyclic) bond motifs is 1. The van der Waals surface area contributed by atoms with E-state index in [-0.39, 0.29) is 11.2 Å². The number of nitrogens with one attached hydrogen (secondary N) is 1. The number of anilines is 1. The average Bonchev–Trinajstić information content (AvgIpc) is 3.23. The smallest absolute Gasteiger partial charge is 0.237 e. The minimum absolute atomic E-state index is 0.00544. The third kappa shape index (κ3) is 4.81. The summed E-state index contributed by atoms with van der Waals surface area (Å²) < 4.78 is 0. The Morgan fingerprint density at radius 2 is 1.81 bits per heavy atom. The standard InChI is InChI=1S/C25H25N3OS2/c1-4-21(23(29)28-20-13-9-8-12-18(20)16(2)3)30-24-19-14-22(17-10-6-5-7-11-17)31-25(19)27-15-26-24/h5-16,21H,4H2,1-3H3,(H,28,29). The first-order valence-electron chi connectivity index (χ1n) is 10.4. The molecule has 0 saturated carbocycles. The van der Waals surface area contributed by atoms with Crippen molar-refractivity contribution in [2.45, 2.75) is 43.4 Å². The Morgan fingerprint density at radius 3 is 2.55 bits per heavy atom. The van der Waals surface area contributed by atoms with Crippen molar-refractivity contribution in [3.63, 3.8) is 0 Å². The van der Waals surface area contributed by atoms with Crippen LogP contribution in [0.1, 0.15) is 38.7 Å². The highest BCUT2D eigenvalue weighted by Crippen LogP contribution is 2.38. The van der Waals surface area contributed by atoms with E-state index in [1.807, 2.05) is 43.3 Å². The maximum absolute atomic E-state index is 13.1. The van der Waals surface area contributed by atoms with E-state index < -0.39 is 0 Å². The second-order valence-corrected chi connectivity index (χ2v) is 9.84.